The zero-order valence-corrected chi connectivity index (χ0v) is 19.0. The maximum Gasteiger partial charge on any atom is -0.0264 e. The molecule has 0 bridgehead atoms. The predicted molar refractivity (Wildman–Crippen MR) is 118 cm³/mol. The van der Waals surface area contributed by atoms with Crippen LogP contribution in [0.4, 0.5) is 0 Å². The van der Waals surface area contributed by atoms with Gasteiger partial charge in [0.1, 0.15) is 0 Å². The van der Waals surface area contributed by atoms with Gasteiger partial charge >= 0.3 is 0 Å². The molecule has 0 amide bonds. The second-order valence-corrected chi connectivity index (χ2v) is 12.2. The number of allylic oxidation sites excluding steroid dienone is 1. The largest absolute Gasteiger partial charge is 0.100 e. The molecule has 4 rings (SSSR count). The molecule has 0 saturated heterocycles. The Labute approximate surface area is 170 Å². The third kappa shape index (κ3) is 3.16. The Morgan fingerprint density at radius 3 is 2.48 bits per heavy atom. The van der Waals surface area contributed by atoms with Gasteiger partial charge in [-0.05, 0) is 117 Å². The van der Waals surface area contributed by atoms with Crippen LogP contribution >= 0.6 is 0 Å². The maximum atomic E-state index is 4.16. The average molecular weight is 371 g/mol. The summed E-state index contributed by atoms with van der Waals surface area (Å²) in [5.41, 5.74) is 2.68. The molecular weight excluding hydrogens is 324 g/mol. The molecule has 0 heterocycles. The highest BCUT2D eigenvalue weighted by molar-refractivity contribution is 5.10. The van der Waals surface area contributed by atoms with E-state index in [-0.39, 0.29) is 0 Å². The van der Waals surface area contributed by atoms with Crippen LogP contribution in [0.25, 0.3) is 0 Å². The molecule has 0 N–H and O–H groups in total. The van der Waals surface area contributed by atoms with Gasteiger partial charge in [0, 0.05) is 0 Å². The topological polar surface area (TPSA) is 0 Å². The van der Waals surface area contributed by atoms with Gasteiger partial charge in [-0.15, -0.1) is 6.58 Å². The molecule has 4 fully saturated rings. The molecule has 0 spiro atoms. The van der Waals surface area contributed by atoms with Crippen LogP contribution in [0.15, 0.2) is 12.2 Å². The van der Waals surface area contributed by atoms with Gasteiger partial charge in [-0.1, -0.05) is 46.1 Å². The first-order valence-corrected chi connectivity index (χ1v) is 12.4. The van der Waals surface area contributed by atoms with Gasteiger partial charge < -0.3 is 0 Å². The second-order valence-electron chi connectivity index (χ2n) is 12.2. The van der Waals surface area contributed by atoms with Crippen molar-refractivity contribution in [2.24, 2.45) is 52.3 Å². The Hall–Kier alpha value is -0.260. The fourth-order valence-corrected chi connectivity index (χ4v) is 9.32. The Morgan fingerprint density at radius 1 is 1.00 bits per heavy atom. The van der Waals surface area contributed by atoms with Gasteiger partial charge in [0.25, 0.3) is 0 Å². The third-order valence-corrected chi connectivity index (χ3v) is 10.7. The molecule has 0 aliphatic heterocycles. The van der Waals surface area contributed by atoms with Crippen molar-refractivity contribution in [1.82, 2.24) is 0 Å². The fourth-order valence-electron chi connectivity index (χ4n) is 9.32. The Bertz CT molecular complexity index is 560. The minimum Gasteiger partial charge on any atom is -0.100 e. The summed E-state index contributed by atoms with van der Waals surface area (Å²) < 4.78 is 0. The summed E-state index contributed by atoms with van der Waals surface area (Å²) in [6.07, 6.45) is 16.3. The van der Waals surface area contributed by atoms with Gasteiger partial charge in [0.2, 0.25) is 0 Å². The molecule has 0 nitrogen and oxygen atoms in total. The van der Waals surface area contributed by atoms with Crippen molar-refractivity contribution >= 4 is 0 Å². The summed E-state index contributed by atoms with van der Waals surface area (Å²) in [7, 11) is 0. The van der Waals surface area contributed by atoms with Crippen LogP contribution in [-0.4, -0.2) is 0 Å². The summed E-state index contributed by atoms with van der Waals surface area (Å²) >= 11 is 0. The molecule has 27 heavy (non-hydrogen) atoms. The van der Waals surface area contributed by atoms with Crippen LogP contribution in [0.5, 0.6) is 0 Å². The molecule has 0 radical (unpaired) electrons. The van der Waals surface area contributed by atoms with E-state index in [4.69, 9.17) is 0 Å². The van der Waals surface area contributed by atoms with E-state index in [1.807, 2.05) is 0 Å². The van der Waals surface area contributed by atoms with Gasteiger partial charge in [0.15, 0.2) is 0 Å². The van der Waals surface area contributed by atoms with Crippen molar-refractivity contribution in [3.63, 3.8) is 0 Å². The van der Waals surface area contributed by atoms with Crippen LogP contribution in [0.3, 0.4) is 0 Å². The Morgan fingerprint density at radius 2 is 1.74 bits per heavy atom. The van der Waals surface area contributed by atoms with E-state index in [1.165, 1.54) is 63.4 Å². The molecule has 4 saturated carbocycles. The minimum atomic E-state index is 0.627. The van der Waals surface area contributed by atoms with Crippen molar-refractivity contribution in [2.75, 3.05) is 0 Å². The van der Waals surface area contributed by atoms with Crippen LogP contribution < -0.4 is 0 Å². The first-order valence-electron chi connectivity index (χ1n) is 12.4. The van der Waals surface area contributed by atoms with Crippen molar-refractivity contribution < 1.29 is 0 Å². The number of hydrogen-bond donors (Lipinski definition) is 0. The van der Waals surface area contributed by atoms with Crippen LogP contribution in [0, 0.1) is 52.3 Å². The summed E-state index contributed by atoms with van der Waals surface area (Å²) in [5.74, 6) is 6.94. The monoisotopic (exact) mass is 370 g/mol. The molecule has 154 valence electrons. The number of fused-ring (bicyclic) bond motifs is 5. The van der Waals surface area contributed by atoms with Crippen molar-refractivity contribution in [2.45, 2.75) is 105 Å². The maximum absolute atomic E-state index is 4.16. The second kappa shape index (κ2) is 7.21. The molecule has 0 aromatic rings. The molecule has 4 aliphatic rings. The molecule has 4 aliphatic carbocycles. The number of rotatable bonds is 4. The first kappa shape index (κ1) is 20.0. The van der Waals surface area contributed by atoms with E-state index >= 15 is 0 Å². The van der Waals surface area contributed by atoms with E-state index in [0.29, 0.717) is 10.8 Å². The zero-order valence-electron chi connectivity index (χ0n) is 19.0. The lowest BCUT2D eigenvalue weighted by molar-refractivity contribution is -0.137. The summed E-state index contributed by atoms with van der Waals surface area (Å²) in [6.45, 7) is 17.0. The van der Waals surface area contributed by atoms with Crippen molar-refractivity contribution in [3.05, 3.63) is 12.2 Å². The average Bonchev–Trinajstić information content (AvgIpc) is 2.97. The van der Waals surface area contributed by atoms with Crippen molar-refractivity contribution in [1.29, 1.82) is 0 Å². The van der Waals surface area contributed by atoms with Gasteiger partial charge in [0.05, 0.1) is 0 Å². The van der Waals surface area contributed by atoms with E-state index in [2.05, 4.69) is 41.2 Å². The van der Waals surface area contributed by atoms with E-state index in [0.717, 1.165) is 41.4 Å². The lowest BCUT2D eigenvalue weighted by Crippen LogP contribution is -2.55. The molecule has 0 aromatic carbocycles. The Kier molecular flexibility index (Phi) is 5.35. The first-order chi connectivity index (χ1) is 12.8. The molecule has 9 atom stereocenters. The van der Waals surface area contributed by atoms with Crippen LogP contribution in [0.1, 0.15) is 105 Å². The SMILES string of the molecule is C=C(C)CCC(C)C1CCC2C3C(C)CC4CCCCC4(C)C3CCC12C. The fraction of sp³-hybridized carbons (Fsp3) is 0.926. The summed E-state index contributed by atoms with van der Waals surface area (Å²) in [6, 6.07) is 0. The smallest absolute Gasteiger partial charge is 0.0264 e. The highest BCUT2D eigenvalue weighted by Crippen LogP contribution is 2.69. The highest BCUT2D eigenvalue weighted by atomic mass is 14.7. The summed E-state index contributed by atoms with van der Waals surface area (Å²) in [4.78, 5) is 0. The van der Waals surface area contributed by atoms with E-state index in [1.54, 1.807) is 12.8 Å². The minimum absolute atomic E-state index is 0.627. The lowest BCUT2D eigenvalue weighted by atomic mass is 9.42. The Balaban J connectivity index is 1.56. The van der Waals surface area contributed by atoms with Gasteiger partial charge in [-0.3, -0.25) is 0 Å². The molecule has 0 heteroatoms. The van der Waals surface area contributed by atoms with Gasteiger partial charge in [-0.2, -0.15) is 0 Å². The summed E-state index contributed by atoms with van der Waals surface area (Å²) in [5, 5.41) is 0. The predicted octanol–water partition coefficient (Wildman–Crippen LogP) is 8.27. The molecular formula is C27H46. The molecule has 9 unspecified atom stereocenters. The number of hydrogen-bond acceptors (Lipinski definition) is 0. The standard InChI is InChI=1S/C27H46/c1-18(2)10-11-19(3)22-12-13-23-25-20(4)17-21-9-7-8-15-26(21,5)24(25)14-16-27(22,23)6/h19-25H,1,7-17H2,2-6H3. The van der Waals surface area contributed by atoms with Crippen LogP contribution in [-0.2, 0) is 0 Å². The quantitative estimate of drug-likeness (QED) is 0.437. The van der Waals surface area contributed by atoms with Crippen LogP contribution in [0.2, 0.25) is 0 Å². The van der Waals surface area contributed by atoms with Crippen molar-refractivity contribution in [3.8, 4) is 0 Å². The van der Waals surface area contributed by atoms with Gasteiger partial charge in [-0.25, -0.2) is 0 Å². The van der Waals surface area contributed by atoms with E-state index in [9.17, 15) is 0 Å². The van der Waals surface area contributed by atoms with E-state index < -0.39 is 0 Å². The third-order valence-electron chi connectivity index (χ3n) is 10.7. The molecule has 0 aromatic heterocycles. The lowest BCUT2D eigenvalue weighted by Gasteiger charge is -2.62. The zero-order chi connectivity index (χ0) is 19.4. The normalized spacial score (nSPS) is 50.4. The highest BCUT2D eigenvalue weighted by Gasteiger charge is 2.61.